The zero-order valence-electron chi connectivity index (χ0n) is 12.5. The molecule has 0 aromatic carbocycles. The van der Waals surface area contributed by atoms with Gasteiger partial charge < -0.3 is 10.2 Å². The minimum Gasteiger partial charge on any atom is -0.383 e. The molecule has 5 heteroatoms. The minimum absolute atomic E-state index is 0.111. The maximum atomic E-state index is 12.7. The lowest BCUT2D eigenvalue weighted by atomic mass is 10.1. The number of rotatable bonds is 4. The van der Waals surface area contributed by atoms with Crippen LogP contribution in [0.2, 0.25) is 0 Å². The molecule has 0 saturated carbocycles. The quantitative estimate of drug-likeness (QED) is 0.927. The van der Waals surface area contributed by atoms with Crippen molar-refractivity contribution in [3.8, 4) is 0 Å². The van der Waals surface area contributed by atoms with Crippen molar-refractivity contribution in [1.82, 2.24) is 9.88 Å². The predicted molar refractivity (Wildman–Crippen MR) is 85.5 cm³/mol. The monoisotopic (exact) mass is 293 g/mol. The van der Waals surface area contributed by atoms with Crippen LogP contribution >= 0.6 is 11.8 Å². The van der Waals surface area contributed by atoms with Gasteiger partial charge in [-0.3, -0.25) is 9.78 Å². The lowest BCUT2D eigenvalue weighted by Gasteiger charge is -2.37. The van der Waals surface area contributed by atoms with Crippen LogP contribution in [0.15, 0.2) is 18.5 Å². The Morgan fingerprint density at radius 3 is 3.05 bits per heavy atom. The highest BCUT2D eigenvalue weighted by Gasteiger charge is 2.30. The standard InChI is InChI=1S/C15H23N3OS/c1-4-6-17-13-10-16-7-5-12(13)14(19)18-8-9-20-15(2,3)11-18/h5,7,10,17H,4,6,8-9,11H2,1-3H3. The van der Waals surface area contributed by atoms with Crippen LogP contribution in [-0.4, -0.2) is 45.9 Å². The van der Waals surface area contributed by atoms with Crippen molar-refractivity contribution in [3.63, 3.8) is 0 Å². The predicted octanol–water partition coefficient (Wildman–Crippen LogP) is 2.87. The number of carbonyl (C=O) groups is 1. The van der Waals surface area contributed by atoms with Gasteiger partial charge in [0, 0.05) is 36.3 Å². The summed E-state index contributed by atoms with van der Waals surface area (Å²) < 4.78 is 0.137. The van der Waals surface area contributed by atoms with Crippen molar-refractivity contribution in [2.24, 2.45) is 0 Å². The third kappa shape index (κ3) is 3.66. The van der Waals surface area contributed by atoms with Gasteiger partial charge in [-0.2, -0.15) is 11.8 Å². The van der Waals surface area contributed by atoms with E-state index in [9.17, 15) is 4.79 Å². The van der Waals surface area contributed by atoms with E-state index in [1.54, 1.807) is 12.4 Å². The van der Waals surface area contributed by atoms with Gasteiger partial charge in [-0.05, 0) is 26.3 Å². The topological polar surface area (TPSA) is 45.2 Å². The number of amides is 1. The zero-order valence-corrected chi connectivity index (χ0v) is 13.3. The van der Waals surface area contributed by atoms with E-state index in [1.807, 2.05) is 22.7 Å². The largest absolute Gasteiger partial charge is 0.383 e. The van der Waals surface area contributed by atoms with Crippen molar-refractivity contribution in [3.05, 3.63) is 24.0 Å². The fourth-order valence-electron chi connectivity index (χ4n) is 2.34. The maximum Gasteiger partial charge on any atom is 0.256 e. The molecule has 0 spiro atoms. The van der Waals surface area contributed by atoms with E-state index in [0.29, 0.717) is 0 Å². The molecule has 1 fully saturated rings. The first-order valence-electron chi connectivity index (χ1n) is 7.14. The number of nitrogens with one attached hydrogen (secondary N) is 1. The second kappa shape index (κ2) is 6.48. The Hall–Kier alpha value is -1.23. The second-order valence-corrected chi connectivity index (χ2v) is 7.48. The summed E-state index contributed by atoms with van der Waals surface area (Å²) in [5.74, 6) is 1.11. The SMILES string of the molecule is CCCNc1cnccc1C(=O)N1CCSC(C)(C)C1. The molecule has 2 rings (SSSR count). The third-order valence-electron chi connectivity index (χ3n) is 3.33. The minimum atomic E-state index is 0.111. The summed E-state index contributed by atoms with van der Waals surface area (Å²) in [6.07, 6.45) is 4.46. The third-order valence-corrected chi connectivity index (χ3v) is 4.63. The molecule has 1 aliphatic rings. The molecule has 1 aromatic rings. The van der Waals surface area contributed by atoms with E-state index in [1.165, 1.54) is 0 Å². The van der Waals surface area contributed by atoms with Crippen molar-refractivity contribution < 1.29 is 4.79 Å². The summed E-state index contributed by atoms with van der Waals surface area (Å²) in [6.45, 7) is 8.97. The Morgan fingerprint density at radius 1 is 1.55 bits per heavy atom. The van der Waals surface area contributed by atoms with E-state index in [-0.39, 0.29) is 10.7 Å². The van der Waals surface area contributed by atoms with Crippen molar-refractivity contribution >= 4 is 23.4 Å². The first-order chi connectivity index (χ1) is 9.53. The summed E-state index contributed by atoms with van der Waals surface area (Å²) >= 11 is 1.93. The molecule has 4 nitrogen and oxygen atoms in total. The van der Waals surface area contributed by atoms with Crippen LogP contribution in [0.4, 0.5) is 5.69 Å². The molecule has 110 valence electrons. The number of anilines is 1. The highest BCUT2D eigenvalue weighted by Crippen LogP contribution is 2.30. The van der Waals surface area contributed by atoms with Gasteiger partial charge in [0.25, 0.3) is 5.91 Å². The van der Waals surface area contributed by atoms with Gasteiger partial charge in [-0.25, -0.2) is 0 Å². The number of hydrogen-bond donors (Lipinski definition) is 1. The Morgan fingerprint density at radius 2 is 2.35 bits per heavy atom. The Labute approximate surface area is 125 Å². The van der Waals surface area contributed by atoms with Crippen LogP contribution < -0.4 is 5.32 Å². The Kier molecular flexibility index (Phi) is 4.91. The van der Waals surface area contributed by atoms with Crippen LogP contribution in [0.25, 0.3) is 0 Å². The van der Waals surface area contributed by atoms with Gasteiger partial charge in [-0.15, -0.1) is 0 Å². The first kappa shape index (κ1) is 15.2. The molecule has 1 saturated heterocycles. The molecule has 0 radical (unpaired) electrons. The number of aromatic nitrogens is 1. The van der Waals surface area contributed by atoms with E-state index in [4.69, 9.17) is 0 Å². The molecule has 0 aliphatic carbocycles. The van der Waals surface area contributed by atoms with E-state index >= 15 is 0 Å². The zero-order chi connectivity index (χ0) is 14.6. The molecule has 1 aliphatic heterocycles. The average molecular weight is 293 g/mol. The molecular weight excluding hydrogens is 270 g/mol. The highest BCUT2D eigenvalue weighted by atomic mass is 32.2. The van der Waals surface area contributed by atoms with Gasteiger partial charge in [-0.1, -0.05) is 6.92 Å². The molecule has 0 atom stereocenters. The fraction of sp³-hybridized carbons (Fsp3) is 0.600. The van der Waals surface area contributed by atoms with E-state index in [2.05, 4.69) is 31.1 Å². The van der Waals surface area contributed by atoms with Crippen LogP contribution in [0.3, 0.4) is 0 Å². The Balaban J connectivity index is 2.16. The van der Waals surface area contributed by atoms with Crippen LogP contribution in [0.5, 0.6) is 0 Å². The van der Waals surface area contributed by atoms with Gasteiger partial charge >= 0.3 is 0 Å². The molecular formula is C15H23N3OS. The highest BCUT2D eigenvalue weighted by molar-refractivity contribution is 8.00. The molecule has 20 heavy (non-hydrogen) atoms. The fourth-order valence-corrected chi connectivity index (χ4v) is 3.45. The van der Waals surface area contributed by atoms with E-state index in [0.717, 1.165) is 43.1 Å². The lowest BCUT2D eigenvalue weighted by molar-refractivity contribution is 0.0749. The van der Waals surface area contributed by atoms with Crippen molar-refractivity contribution in [2.75, 3.05) is 30.7 Å². The smallest absolute Gasteiger partial charge is 0.256 e. The second-order valence-electron chi connectivity index (χ2n) is 5.68. The molecule has 2 heterocycles. The molecule has 0 unspecified atom stereocenters. The van der Waals surface area contributed by atoms with Crippen LogP contribution in [0.1, 0.15) is 37.6 Å². The number of hydrogen-bond acceptors (Lipinski definition) is 4. The van der Waals surface area contributed by atoms with Gasteiger partial charge in [0.1, 0.15) is 0 Å². The molecule has 1 aromatic heterocycles. The van der Waals surface area contributed by atoms with Crippen LogP contribution in [0, 0.1) is 0 Å². The van der Waals surface area contributed by atoms with Crippen LogP contribution in [-0.2, 0) is 0 Å². The molecule has 1 N–H and O–H groups in total. The number of pyridine rings is 1. The summed E-state index contributed by atoms with van der Waals surface area (Å²) in [4.78, 5) is 18.8. The Bertz CT molecular complexity index is 476. The average Bonchev–Trinajstić information content (AvgIpc) is 2.43. The first-order valence-corrected chi connectivity index (χ1v) is 8.13. The van der Waals surface area contributed by atoms with Crippen molar-refractivity contribution in [2.45, 2.75) is 31.9 Å². The number of carbonyl (C=O) groups excluding carboxylic acids is 1. The van der Waals surface area contributed by atoms with Gasteiger partial charge in [0.15, 0.2) is 0 Å². The lowest BCUT2D eigenvalue weighted by Crippen LogP contribution is -2.46. The summed E-state index contributed by atoms with van der Waals surface area (Å²) in [6, 6.07) is 1.81. The van der Waals surface area contributed by atoms with E-state index < -0.39 is 0 Å². The van der Waals surface area contributed by atoms with Crippen molar-refractivity contribution in [1.29, 1.82) is 0 Å². The maximum absolute atomic E-state index is 12.7. The summed E-state index contributed by atoms with van der Waals surface area (Å²) in [7, 11) is 0. The molecule has 0 bridgehead atoms. The molecule has 1 amide bonds. The van der Waals surface area contributed by atoms with Gasteiger partial charge in [0.05, 0.1) is 17.4 Å². The normalized spacial score (nSPS) is 17.9. The summed E-state index contributed by atoms with van der Waals surface area (Å²) in [5.41, 5.74) is 1.58. The van der Waals surface area contributed by atoms with Gasteiger partial charge in [0.2, 0.25) is 0 Å². The summed E-state index contributed by atoms with van der Waals surface area (Å²) in [5, 5.41) is 3.29. The number of thioether (sulfide) groups is 1. The number of nitrogens with zero attached hydrogens (tertiary/aromatic N) is 2.